The topological polar surface area (TPSA) is 29.1 Å². The van der Waals surface area contributed by atoms with Crippen LogP contribution in [-0.4, -0.2) is 5.91 Å². The van der Waals surface area contributed by atoms with Crippen LogP contribution >= 0.6 is 0 Å². The summed E-state index contributed by atoms with van der Waals surface area (Å²) < 4.78 is 66.7. The molecule has 24 heavy (non-hydrogen) atoms. The van der Waals surface area contributed by atoms with E-state index in [2.05, 4.69) is 0 Å². The van der Waals surface area contributed by atoms with E-state index in [1.54, 1.807) is 35.6 Å². The highest BCUT2D eigenvalue weighted by atomic mass is 19.2. The lowest BCUT2D eigenvalue weighted by molar-refractivity contribution is 0.102. The number of benzene rings is 3. The molecule has 0 atom stereocenters. The van der Waals surface area contributed by atoms with Crippen LogP contribution in [0.2, 0.25) is 0 Å². The minimum Gasteiger partial charge on any atom is -0.317 e. The minimum absolute atomic E-state index is 0.0389. The SMILES string of the molecule is O=C(Nc1c(F)c(F)c(F)c(F)c1F)c1cccc2ccccc12. The number of anilines is 1. The number of rotatable bonds is 2. The second-order valence-corrected chi connectivity index (χ2v) is 4.93. The molecule has 3 aromatic rings. The van der Waals surface area contributed by atoms with E-state index in [1.807, 2.05) is 0 Å². The zero-order valence-corrected chi connectivity index (χ0v) is 11.8. The zero-order valence-electron chi connectivity index (χ0n) is 11.8. The van der Waals surface area contributed by atoms with Crippen molar-refractivity contribution in [3.63, 3.8) is 0 Å². The first kappa shape index (κ1) is 15.9. The maximum atomic E-state index is 13.7. The van der Waals surface area contributed by atoms with Crippen LogP contribution in [0.4, 0.5) is 27.6 Å². The first-order valence-corrected chi connectivity index (χ1v) is 6.72. The maximum Gasteiger partial charge on any atom is 0.256 e. The van der Waals surface area contributed by atoms with Crippen molar-refractivity contribution in [1.29, 1.82) is 0 Å². The molecule has 0 spiro atoms. The van der Waals surface area contributed by atoms with Gasteiger partial charge >= 0.3 is 0 Å². The number of hydrogen-bond acceptors (Lipinski definition) is 1. The summed E-state index contributed by atoms with van der Waals surface area (Å²) in [6, 6.07) is 11.3. The van der Waals surface area contributed by atoms with Crippen molar-refractivity contribution in [3.05, 3.63) is 77.1 Å². The molecule has 0 aromatic heterocycles. The van der Waals surface area contributed by atoms with Crippen molar-refractivity contribution in [1.82, 2.24) is 0 Å². The lowest BCUT2D eigenvalue weighted by Gasteiger charge is -2.11. The van der Waals surface area contributed by atoms with Crippen molar-refractivity contribution in [3.8, 4) is 0 Å². The Balaban J connectivity index is 2.08. The molecule has 0 aliphatic rings. The third-order valence-corrected chi connectivity index (χ3v) is 3.48. The second-order valence-electron chi connectivity index (χ2n) is 4.93. The molecule has 1 amide bonds. The van der Waals surface area contributed by atoms with Gasteiger partial charge in [0.2, 0.25) is 5.82 Å². The molecule has 2 nitrogen and oxygen atoms in total. The van der Waals surface area contributed by atoms with Gasteiger partial charge in [-0.25, -0.2) is 22.0 Å². The summed E-state index contributed by atoms with van der Waals surface area (Å²) in [6.45, 7) is 0. The number of fused-ring (bicyclic) bond motifs is 1. The normalized spacial score (nSPS) is 10.9. The van der Waals surface area contributed by atoms with Crippen LogP contribution in [-0.2, 0) is 0 Å². The molecule has 0 heterocycles. The standard InChI is InChI=1S/C17H8F5NO/c18-11-12(19)14(21)16(15(22)13(11)20)23-17(24)10-7-3-5-8-4-1-2-6-9(8)10/h1-7H,(H,23,24). The van der Waals surface area contributed by atoms with E-state index in [0.29, 0.717) is 10.8 Å². The Hall–Kier alpha value is -2.96. The largest absolute Gasteiger partial charge is 0.317 e. The maximum absolute atomic E-state index is 13.7. The van der Waals surface area contributed by atoms with Gasteiger partial charge in [0.1, 0.15) is 5.69 Å². The molecule has 0 aliphatic carbocycles. The molecule has 0 fully saturated rings. The fourth-order valence-electron chi connectivity index (χ4n) is 2.32. The summed E-state index contributed by atoms with van der Waals surface area (Å²) in [5, 5.41) is 2.92. The van der Waals surface area contributed by atoms with Gasteiger partial charge in [-0.2, -0.15) is 0 Å². The van der Waals surface area contributed by atoms with Crippen molar-refractivity contribution in [2.24, 2.45) is 0 Å². The number of nitrogens with one attached hydrogen (secondary N) is 1. The predicted molar refractivity (Wildman–Crippen MR) is 78.1 cm³/mol. The Morgan fingerprint density at radius 3 is 1.92 bits per heavy atom. The molecule has 3 aromatic carbocycles. The van der Waals surface area contributed by atoms with E-state index in [4.69, 9.17) is 0 Å². The van der Waals surface area contributed by atoms with E-state index < -0.39 is 40.7 Å². The van der Waals surface area contributed by atoms with Gasteiger partial charge in [0.05, 0.1) is 0 Å². The summed E-state index contributed by atoms with van der Waals surface area (Å²) >= 11 is 0. The smallest absolute Gasteiger partial charge is 0.256 e. The molecule has 0 bridgehead atoms. The van der Waals surface area contributed by atoms with Crippen LogP contribution < -0.4 is 5.32 Å². The van der Waals surface area contributed by atoms with Crippen molar-refractivity contribution in [2.75, 3.05) is 5.32 Å². The van der Waals surface area contributed by atoms with Gasteiger partial charge in [-0.05, 0) is 16.8 Å². The molecule has 1 N–H and O–H groups in total. The van der Waals surface area contributed by atoms with Gasteiger partial charge in [0, 0.05) is 5.56 Å². The molecule has 0 radical (unpaired) electrons. The number of carbonyl (C=O) groups excluding carboxylic acids is 1. The van der Waals surface area contributed by atoms with Crippen molar-refractivity contribution in [2.45, 2.75) is 0 Å². The van der Waals surface area contributed by atoms with Gasteiger partial charge in [-0.15, -0.1) is 0 Å². The quantitative estimate of drug-likeness (QED) is 0.407. The molecule has 3 rings (SSSR count). The molecule has 122 valence electrons. The first-order valence-electron chi connectivity index (χ1n) is 6.72. The zero-order chi connectivity index (χ0) is 17.4. The number of amides is 1. The number of halogens is 5. The average molecular weight is 337 g/mol. The second kappa shape index (κ2) is 5.92. The van der Waals surface area contributed by atoms with Crippen LogP contribution in [0.1, 0.15) is 10.4 Å². The fraction of sp³-hybridized carbons (Fsp3) is 0. The molecule has 7 heteroatoms. The average Bonchev–Trinajstić information content (AvgIpc) is 2.61. The third kappa shape index (κ3) is 2.47. The first-order chi connectivity index (χ1) is 11.4. The fourth-order valence-corrected chi connectivity index (χ4v) is 2.32. The Labute approximate surface area is 132 Å². The van der Waals surface area contributed by atoms with Crippen molar-refractivity contribution < 1.29 is 26.7 Å². The summed E-state index contributed by atoms with van der Waals surface area (Å²) in [7, 11) is 0. The van der Waals surface area contributed by atoms with Gasteiger partial charge in [0.15, 0.2) is 23.3 Å². The van der Waals surface area contributed by atoms with Crippen LogP contribution in [0.5, 0.6) is 0 Å². The monoisotopic (exact) mass is 337 g/mol. The highest BCUT2D eigenvalue weighted by molar-refractivity contribution is 6.13. The predicted octanol–water partition coefficient (Wildman–Crippen LogP) is 4.79. The summed E-state index contributed by atoms with van der Waals surface area (Å²) in [6.07, 6.45) is 0. The Kier molecular flexibility index (Phi) is 3.92. The number of carbonyl (C=O) groups is 1. The summed E-state index contributed by atoms with van der Waals surface area (Å²) in [5.41, 5.74) is -1.35. The van der Waals surface area contributed by atoms with Crippen LogP contribution in [0.15, 0.2) is 42.5 Å². The Morgan fingerprint density at radius 1 is 0.708 bits per heavy atom. The van der Waals surface area contributed by atoms with E-state index in [1.165, 1.54) is 12.1 Å². The van der Waals surface area contributed by atoms with Crippen LogP contribution in [0.25, 0.3) is 10.8 Å². The van der Waals surface area contributed by atoms with Crippen LogP contribution in [0, 0.1) is 29.1 Å². The van der Waals surface area contributed by atoms with E-state index in [-0.39, 0.29) is 5.56 Å². The minimum atomic E-state index is -2.28. The molecule has 0 aliphatic heterocycles. The molecule has 0 saturated carbocycles. The van der Waals surface area contributed by atoms with E-state index in [0.717, 1.165) is 0 Å². The highest BCUT2D eigenvalue weighted by Crippen LogP contribution is 2.28. The Bertz CT molecular complexity index is 936. The van der Waals surface area contributed by atoms with Gasteiger partial charge in [-0.1, -0.05) is 36.4 Å². The molecular weight excluding hydrogens is 329 g/mol. The third-order valence-electron chi connectivity index (χ3n) is 3.48. The lowest BCUT2D eigenvalue weighted by atomic mass is 10.0. The lowest BCUT2D eigenvalue weighted by Crippen LogP contribution is -2.17. The van der Waals surface area contributed by atoms with Crippen LogP contribution in [0.3, 0.4) is 0 Å². The summed E-state index contributed by atoms with van der Waals surface area (Å²) in [5.74, 6) is -11.7. The molecule has 0 saturated heterocycles. The Morgan fingerprint density at radius 2 is 1.25 bits per heavy atom. The van der Waals surface area contributed by atoms with Gasteiger partial charge in [0.25, 0.3) is 5.91 Å². The highest BCUT2D eigenvalue weighted by Gasteiger charge is 2.27. The van der Waals surface area contributed by atoms with E-state index in [9.17, 15) is 26.7 Å². The van der Waals surface area contributed by atoms with Crippen molar-refractivity contribution >= 4 is 22.4 Å². The number of hydrogen-bond donors (Lipinski definition) is 1. The van der Waals surface area contributed by atoms with Gasteiger partial charge in [-0.3, -0.25) is 4.79 Å². The molecule has 0 unspecified atom stereocenters. The van der Waals surface area contributed by atoms with E-state index >= 15 is 0 Å². The molecular formula is C17H8F5NO. The van der Waals surface area contributed by atoms with Gasteiger partial charge < -0.3 is 5.32 Å². The summed E-state index contributed by atoms with van der Waals surface area (Å²) in [4.78, 5) is 12.3.